The minimum atomic E-state index is -1.10. The predicted molar refractivity (Wildman–Crippen MR) is 167 cm³/mol. The smallest absolute Gasteiger partial charge is 0.216 e. The van der Waals surface area contributed by atoms with Crippen molar-refractivity contribution in [2.45, 2.75) is 59.3 Å². The highest BCUT2D eigenvalue weighted by molar-refractivity contribution is 5.69. The molecule has 0 bridgehead atoms. The van der Waals surface area contributed by atoms with Crippen molar-refractivity contribution in [2.24, 2.45) is 0 Å². The van der Waals surface area contributed by atoms with E-state index >= 15 is 4.39 Å². The summed E-state index contributed by atoms with van der Waals surface area (Å²) in [6.07, 6.45) is 5.11. The topological polar surface area (TPSA) is 123 Å². The van der Waals surface area contributed by atoms with Crippen LogP contribution in [0.5, 0.6) is 34.5 Å². The average molecular weight is 599 g/mol. The van der Waals surface area contributed by atoms with E-state index in [4.69, 9.17) is 14.2 Å². The summed E-state index contributed by atoms with van der Waals surface area (Å²) >= 11 is 0. The largest absolute Gasteiger partial charge is 0.451 e. The molecular weight excluding hydrogens is 567 g/mol. The van der Waals surface area contributed by atoms with E-state index in [1.165, 1.54) is 48.5 Å². The average Bonchev–Trinajstić information content (AvgIpc) is 3.06. The third-order valence-corrected chi connectivity index (χ3v) is 7.13. The number of unbranched alkanes of at least 4 members (excludes halogenated alkanes) is 2. The second kappa shape index (κ2) is 15.1. The Bertz CT molecular complexity index is 1830. The van der Waals surface area contributed by atoms with Crippen LogP contribution in [0.15, 0.2) is 60.7 Å². The summed E-state index contributed by atoms with van der Waals surface area (Å²) in [4.78, 5) is 0. The van der Waals surface area contributed by atoms with Crippen LogP contribution in [0.1, 0.15) is 78.5 Å². The van der Waals surface area contributed by atoms with Crippen molar-refractivity contribution in [1.82, 2.24) is 0 Å². The van der Waals surface area contributed by atoms with Crippen molar-refractivity contribution in [3.8, 4) is 58.8 Å². The van der Waals surface area contributed by atoms with Gasteiger partial charge < -0.3 is 14.2 Å². The van der Waals surface area contributed by atoms with E-state index in [1.807, 2.05) is 37.3 Å². The van der Waals surface area contributed by atoms with Gasteiger partial charge >= 0.3 is 0 Å². The Morgan fingerprint density at radius 3 is 1.47 bits per heavy atom. The second-order valence-corrected chi connectivity index (χ2v) is 10.5. The molecule has 0 aliphatic rings. The van der Waals surface area contributed by atoms with Crippen LogP contribution in [0.4, 0.5) is 4.39 Å². The first-order chi connectivity index (χ1) is 21.9. The molecule has 0 aliphatic heterocycles. The van der Waals surface area contributed by atoms with Gasteiger partial charge in [-0.1, -0.05) is 44.4 Å². The Labute approximate surface area is 262 Å². The van der Waals surface area contributed by atoms with Gasteiger partial charge in [0.15, 0.2) is 11.6 Å². The molecule has 0 heterocycles. The van der Waals surface area contributed by atoms with Crippen LogP contribution in [-0.2, 0) is 12.8 Å². The summed E-state index contributed by atoms with van der Waals surface area (Å²) in [6.45, 7) is 6.21. The van der Waals surface area contributed by atoms with Gasteiger partial charge in [0, 0.05) is 0 Å². The van der Waals surface area contributed by atoms with Crippen LogP contribution in [0.2, 0.25) is 0 Å². The monoisotopic (exact) mass is 598 g/mol. The van der Waals surface area contributed by atoms with E-state index in [1.54, 1.807) is 6.07 Å². The molecule has 0 N–H and O–H groups in total. The van der Waals surface area contributed by atoms with E-state index in [2.05, 4.69) is 13.8 Å². The van der Waals surface area contributed by atoms with Gasteiger partial charge in [-0.05, 0) is 92.3 Å². The normalized spacial score (nSPS) is 10.2. The zero-order valence-electron chi connectivity index (χ0n) is 25.4. The lowest BCUT2D eigenvalue weighted by molar-refractivity contribution is 0.366. The lowest BCUT2D eigenvalue weighted by atomic mass is 9.97. The fourth-order valence-electron chi connectivity index (χ4n) is 4.84. The molecule has 0 saturated heterocycles. The highest BCUT2D eigenvalue weighted by atomic mass is 19.1. The summed E-state index contributed by atoms with van der Waals surface area (Å²) in [5.41, 5.74) is 2.78. The number of benzene rings is 4. The van der Waals surface area contributed by atoms with E-state index in [0.717, 1.165) is 42.4 Å². The molecule has 0 atom stereocenters. The molecule has 0 aliphatic carbocycles. The predicted octanol–water partition coefficient (Wildman–Crippen LogP) is 9.68. The third-order valence-electron chi connectivity index (χ3n) is 7.13. The Morgan fingerprint density at radius 2 is 1.04 bits per heavy atom. The van der Waals surface area contributed by atoms with Gasteiger partial charge in [0.05, 0.1) is 23.3 Å². The molecule has 8 heteroatoms. The van der Waals surface area contributed by atoms with Crippen LogP contribution in [-0.4, -0.2) is 0 Å². The molecule has 4 rings (SSSR count). The number of halogens is 1. The highest BCUT2D eigenvalue weighted by Crippen LogP contribution is 2.50. The fraction of sp³-hybridized carbons (Fsp3) is 0.243. The zero-order valence-corrected chi connectivity index (χ0v) is 25.4. The van der Waals surface area contributed by atoms with Crippen molar-refractivity contribution in [1.29, 1.82) is 21.0 Å². The molecule has 224 valence electrons. The molecule has 0 spiro atoms. The first-order valence-electron chi connectivity index (χ1n) is 14.7. The molecule has 4 aromatic rings. The van der Waals surface area contributed by atoms with Crippen molar-refractivity contribution in [3.63, 3.8) is 0 Å². The van der Waals surface area contributed by atoms with Crippen LogP contribution in [0, 0.1) is 58.1 Å². The van der Waals surface area contributed by atoms with E-state index in [-0.39, 0.29) is 28.6 Å². The molecular formula is C37H31FN4O3. The Kier molecular flexibility index (Phi) is 10.7. The number of nitriles is 4. The number of nitrogens with zero attached hydrogens (tertiary/aromatic N) is 4. The Hall–Kier alpha value is -5.83. The highest BCUT2D eigenvalue weighted by Gasteiger charge is 2.31. The second-order valence-electron chi connectivity index (χ2n) is 10.5. The van der Waals surface area contributed by atoms with Crippen molar-refractivity contribution in [3.05, 3.63) is 105 Å². The number of ether oxygens (including phenoxy) is 3. The summed E-state index contributed by atoms with van der Waals surface area (Å²) in [5.74, 6) is -1.06. The van der Waals surface area contributed by atoms with Gasteiger partial charge in [0.25, 0.3) is 0 Å². The lowest BCUT2D eigenvalue weighted by Gasteiger charge is -2.22. The van der Waals surface area contributed by atoms with Crippen molar-refractivity contribution in [2.75, 3.05) is 0 Å². The fourth-order valence-corrected chi connectivity index (χ4v) is 4.84. The lowest BCUT2D eigenvalue weighted by Crippen LogP contribution is -2.06. The van der Waals surface area contributed by atoms with E-state index in [0.29, 0.717) is 29.7 Å². The molecule has 4 aromatic carbocycles. The minimum Gasteiger partial charge on any atom is -0.451 e. The molecule has 45 heavy (non-hydrogen) atoms. The summed E-state index contributed by atoms with van der Waals surface area (Å²) in [7, 11) is 0. The molecule has 0 saturated carbocycles. The number of hydrogen-bond donors (Lipinski definition) is 0. The molecule has 0 radical (unpaired) electrons. The quantitative estimate of drug-likeness (QED) is 0.159. The molecule has 7 nitrogen and oxygen atoms in total. The maximum Gasteiger partial charge on any atom is 0.216 e. The van der Waals surface area contributed by atoms with Crippen LogP contribution >= 0.6 is 0 Å². The molecule has 0 unspecified atom stereocenters. The van der Waals surface area contributed by atoms with Crippen LogP contribution in [0.3, 0.4) is 0 Å². The SMILES string of the molecule is CCCCc1cc(C)cc(CCCC)c1Oc1c(C#N)c(C#N)c(F)c(Oc2ccc(C#N)cc2)c1Oc1ccc(C#N)cc1. The standard InChI is InChI=1S/C37H31FN4O3/c1-4-6-8-27-18-24(3)19-28(9-7-5-2)34(27)45-35-32(23-42)31(22-41)33(38)36(43-29-14-10-25(20-39)11-15-29)37(35)44-30-16-12-26(21-40)13-17-30/h10-19H,4-9H2,1-3H3. The van der Waals surface area contributed by atoms with E-state index in [9.17, 15) is 21.0 Å². The molecule has 0 aromatic heterocycles. The molecule has 0 fully saturated rings. The number of aryl methyl sites for hydroxylation is 3. The van der Waals surface area contributed by atoms with Gasteiger partial charge in [-0.15, -0.1) is 0 Å². The van der Waals surface area contributed by atoms with Crippen molar-refractivity contribution >= 4 is 0 Å². The maximum atomic E-state index is 16.2. The molecule has 0 amide bonds. The first-order valence-corrected chi connectivity index (χ1v) is 14.7. The first kappa shape index (κ1) is 32.1. The summed E-state index contributed by atoms with van der Waals surface area (Å²) in [5, 5.41) is 38.8. The summed E-state index contributed by atoms with van der Waals surface area (Å²) in [6, 6.07) is 24.0. The zero-order chi connectivity index (χ0) is 32.3. The van der Waals surface area contributed by atoms with E-state index < -0.39 is 17.1 Å². The third kappa shape index (κ3) is 7.40. The van der Waals surface area contributed by atoms with Gasteiger partial charge in [0.2, 0.25) is 11.5 Å². The van der Waals surface area contributed by atoms with Crippen molar-refractivity contribution < 1.29 is 18.6 Å². The van der Waals surface area contributed by atoms with Gasteiger partial charge in [-0.25, -0.2) is 4.39 Å². The van der Waals surface area contributed by atoms with Gasteiger partial charge in [-0.2, -0.15) is 21.0 Å². The number of hydrogen-bond acceptors (Lipinski definition) is 7. The minimum absolute atomic E-state index is 0.164. The van der Waals surface area contributed by atoms with Gasteiger partial charge in [-0.3, -0.25) is 0 Å². The Balaban J connectivity index is 2.01. The summed E-state index contributed by atoms with van der Waals surface area (Å²) < 4.78 is 35.0. The Morgan fingerprint density at radius 1 is 0.578 bits per heavy atom. The van der Waals surface area contributed by atoms with Crippen LogP contribution < -0.4 is 14.2 Å². The van der Waals surface area contributed by atoms with Gasteiger partial charge in [0.1, 0.15) is 40.5 Å². The van der Waals surface area contributed by atoms with Crippen LogP contribution in [0.25, 0.3) is 0 Å². The maximum absolute atomic E-state index is 16.2. The number of rotatable bonds is 12.